The number of carbonyl (C=O) groups is 2. The van der Waals surface area contributed by atoms with Crippen molar-refractivity contribution >= 4 is 11.9 Å². The third kappa shape index (κ3) is 23.8. The van der Waals surface area contributed by atoms with E-state index >= 15 is 0 Å². The Morgan fingerprint density at radius 1 is 0.640 bits per heavy atom. The zero-order valence-corrected chi connectivity index (χ0v) is 31.5. The highest BCUT2D eigenvalue weighted by Gasteiger charge is 2.44. The summed E-state index contributed by atoms with van der Waals surface area (Å²) >= 11 is 0. The Morgan fingerprint density at radius 3 is 1.58 bits per heavy atom. The summed E-state index contributed by atoms with van der Waals surface area (Å²) in [6.45, 7) is 4.92. The quantitative estimate of drug-likeness (QED) is 0.0298. The third-order valence-corrected chi connectivity index (χ3v) is 9.55. The fourth-order valence-corrected chi connectivity index (χ4v) is 6.29. The first-order chi connectivity index (χ1) is 24.3. The number of rotatable bonds is 34. The molecule has 0 aromatic rings. The Morgan fingerprint density at radius 2 is 1.10 bits per heavy atom. The molecule has 2 unspecified atom stereocenters. The van der Waals surface area contributed by atoms with Crippen molar-refractivity contribution in [2.24, 2.45) is 0 Å². The number of hydrogen-bond acceptors (Lipinski definition) is 10. The predicted octanol–water partition coefficient (Wildman–Crippen LogP) is 7.61. The van der Waals surface area contributed by atoms with E-state index in [1.807, 2.05) is 6.08 Å². The van der Waals surface area contributed by atoms with Gasteiger partial charge in [-0.15, -0.1) is 6.58 Å². The fourth-order valence-electron chi connectivity index (χ4n) is 6.29. The maximum atomic E-state index is 12.7. The standard InChI is InChI=1S/C40H74O10/c1-3-5-7-9-11-13-15-16-17-18-19-21-22-24-26-28-35(42)47-31-33(32-48-40-39(46)38(45)37(44)34(30-41)50-40)49-36(43)29-27-25-23-20-14-12-10-8-6-4-2/h3,33-34,37-41,44-46H,1,4-32H2,2H3/t33-,34-,37+,38?,39?,40-/m0/s1. The number of ether oxygens (including phenoxy) is 4. The van der Waals surface area contributed by atoms with Gasteiger partial charge >= 0.3 is 11.9 Å². The normalized spacial score (nSPS) is 21.2. The molecule has 1 aliphatic heterocycles. The Balaban J connectivity index is 2.34. The number of carbonyl (C=O) groups excluding carboxylic acids is 2. The van der Waals surface area contributed by atoms with Crippen LogP contribution < -0.4 is 0 Å². The largest absolute Gasteiger partial charge is 0.462 e. The van der Waals surface area contributed by atoms with Crippen molar-refractivity contribution in [3.05, 3.63) is 12.7 Å². The van der Waals surface area contributed by atoms with Gasteiger partial charge in [0.2, 0.25) is 0 Å². The predicted molar refractivity (Wildman–Crippen MR) is 196 cm³/mol. The van der Waals surface area contributed by atoms with Crippen molar-refractivity contribution in [3.8, 4) is 0 Å². The van der Waals surface area contributed by atoms with E-state index in [-0.39, 0.29) is 32.0 Å². The minimum Gasteiger partial charge on any atom is -0.462 e. The van der Waals surface area contributed by atoms with Gasteiger partial charge in [-0.25, -0.2) is 0 Å². The molecule has 0 aliphatic carbocycles. The van der Waals surface area contributed by atoms with Crippen molar-refractivity contribution in [1.29, 1.82) is 0 Å². The fraction of sp³-hybridized carbons (Fsp3) is 0.900. The molecule has 0 spiro atoms. The molecule has 0 amide bonds. The van der Waals surface area contributed by atoms with Crippen LogP contribution in [0.15, 0.2) is 12.7 Å². The lowest BCUT2D eigenvalue weighted by molar-refractivity contribution is -0.305. The van der Waals surface area contributed by atoms with E-state index in [1.54, 1.807) is 0 Å². The van der Waals surface area contributed by atoms with Crippen molar-refractivity contribution in [2.45, 2.75) is 211 Å². The maximum absolute atomic E-state index is 12.7. The van der Waals surface area contributed by atoms with E-state index < -0.39 is 49.4 Å². The van der Waals surface area contributed by atoms with Gasteiger partial charge in [-0.1, -0.05) is 141 Å². The molecule has 1 aliphatic rings. The summed E-state index contributed by atoms with van der Waals surface area (Å²) < 4.78 is 22.1. The SMILES string of the molecule is C=CCCCCCCCCCCCCCCCC(=O)OC[C@@H](CO[C@H]1O[C@@H](CO)[C@@H](O)C(O)C1O)OC(=O)CCCCCCCCCCCC. The summed E-state index contributed by atoms with van der Waals surface area (Å²) in [6.07, 6.45) is 22.6. The minimum absolute atomic E-state index is 0.213. The molecule has 294 valence electrons. The van der Waals surface area contributed by atoms with Gasteiger partial charge < -0.3 is 39.4 Å². The zero-order chi connectivity index (χ0) is 36.7. The number of hydrogen-bond donors (Lipinski definition) is 4. The average molecular weight is 715 g/mol. The van der Waals surface area contributed by atoms with Crippen LogP contribution in [0.4, 0.5) is 0 Å². The van der Waals surface area contributed by atoms with Crippen LogP contribution in [0.25, 0.3) is 0 Å². The molecule has 1 fully saturated rings. The summed E-state index contributed by atoms with van der Waals surface area (Å²) in [6, 6.07) is 0. The summed E-state index contributed by atoms with van der Waals surface area (Å²) in [7, 11) is 0. The van der Waals surface area contributed by atoms with E-state index in [0.29, 0.717) is 6.42 Å². The van der Waals surface area contributed by atoms with Crippen LogP contribution in [0.2, 0.25) is 0 Å². The summed E-state index contributed by atoms with van der Waals surface area (Å²) in [5.74, 6) is -0.805. The molecule has 10 heteroatoms. The summed E-state index contributed by atoms with van der Waals surface area (Å²) in [5.41, 5.74) is 0. The lowest BCUT2D eigenvalue weighted by Gasteiger charge is -2.39. The molecule has 0 bridgehead atoms. The minimum atomic E-state index is -1.59. The smallest absolute Gasteiger partial charge is 0.306 e. The van der Waals surface area contributed by atoms with Crippen LogP contribution in [0, 0.1) is 0 Å². The first-order valence-corrected chi connectivity index (χ1v) is 20.2. The number of esters is 2. The van der Waals surface area contributed by atoms with Gasteiger partial charge in [-0.3, -0.25) is 9.59 Å². The molecule has 6 atom stereocenters. The van der Waals surface area contributed by atoms with E-state index in [2.05, 4.69) is 13.5 Å². The Hall–Kier alpha value is -1.56. The maximum Gasteiger partial charge on any atom is 0.306 e. The first kappa shape index (κ1) is 46.5. The Bertz CT molecular complexity index is 822. The van der Waals surface area contributed by atoms with E-state index in [4.69, 9.17) is 18.9 Å². The van der Waals surface area contributed by atoms with Gasteiger partial charge in [0.15, 0.2) is 12.4 Å². The summed E-state index contributed by atoms with van der Waals surface area (Å²) in [4.78, 5) is 25.2. The monoisotopic (exact) mass is 715 g/mol. The molecule has 0 aromatic carbocycles. The summed E-state index contributed by atoms with van der Waals surface area (Å²) in [5, 5.41) is 39.9. The topological polar surface area (TPSA) is 152 Å². The second-order valence-electron chi connectivity index (χ2n) is 14.2. The van der Waals surface area contributed by atoms with Gasteiger partial charge in [-0.2, -0.15) is 0 Å². The highest BCUT2D eigenvalue weighted by Crippen LogP contribution is 2.22. The highest BCUT2D eigenvalue weighted by atomic mass is 16.7. The van der Waals surface area contributed by atoms with Gasteiger partial charge in [0, 0.05) is 12.8 Å². The second-order valence-corrected chi connectivity index (χ2v) is 14.2. The number of aliphatic hydroxyl groups excluding tert-OH is 4. The molecule has 1 rings (SSSR count). The Kier molecular flexibility index (Phi) is 29.8. The highest BCUT2D eigenvalue weighted by molar-refractivity contribution is 5.70. The van der Waals surface area contributed by atoms with Crippen LogP contribution in [-0.4, -0.2) is 89.0 Å². The van der Waals surface area contributed by atoms with Crippen molar-refractivity contribution in [3.63, 3.8) is 0 Å². The van der Waals surface area contributed by atoms with Crippen LogP contribution in [0.1, 0.15) is 174 Å². The second kappa shape index (κ2) is 32.1. The molecular formula is C40H74O10. The molecule has 0 saturated carbocycles. The van der Waals surface area contributed by atoms with Gasteiger partial charge in [0.1, 0.15) is 31.0 Å². The number of allylic oxidation sites excluding steroid dienone is 1. The van der Waals surface area contributed by atoms with Crippen LogP contribution in [-0.2, 0) is 28.5 Å². The van der Waals surface area contributed by atoms with Crippen molar-refractivity contribution in [1.82, 2.24) is 0 Å². The lowest BCUT2D eigenvalue weighted by atomic mass is 9.99. The van der Waals surface area contributed by atoms with E-state index in [0.717, 1.165) is 44.9 Å². The molecule has 0 radical (unpaired) electrons. The van der Waals surface area contributed by atoms with Gasteiger partial charge in [0.05, 0.1) is 13.2 Å². The zero-order valence-electron chi connectivity index (χ0n) is 31.5. The van der Waals surface area contributed by atoms with Crippen LogP contribution in [0.5, 0.6) is 0 Å². The van der Waals surface area contributed by atoms with E-state index in [9.17, 15) is 30.0 Å². The van der Waals surface area contributed by atoms with Crippen LogP contribution in [0.3, 0.4) is 0 Å². The average Bonchev–Trinajstić information content (AvgIpc) is 3.11. The Labute approximate surface area is 303 Å². The molecule has 1 saturated heterocycles. The molecular weight excluding hydrogens is 640 g/mol. The first-order valence-electron chi connectivity index (χ1n) is 20.2. The van der Waals surface area contributed by atoms with Gasteiger partial charge in [-0.05, 0) is 25.7 Å². The molecule has 4 N–H and O–H groups in total. The van der Waals surface area contributed by atoms with Crippen LogP contribution >= 0.6 is 0 Å². The third-order valence-electron chi connectivity index (χ3n) is 9.55. The molecule has 0 aromatic heterocycles. The van der Waals surface area contributed by atoms with Crippen molar-refractivity contribution < 1.29 is 49.0 Å². The van der Waals surface area contributed by atoms with Gasteiger partial charge in [0.25, 0.3) is 0 Å². The van der Waals surface area contributed by atoms with Crippen molar-refractivity contribution in [2.75, 3.05) is 19.8 Å². The number of unbranched alkanes of at least 4 members (excludes halogenated alkanes) is 22. The molecule has 50 heavy (non-hydrogen) atoms. The molecule has 1 heterocycles. The lowest BCUT2D eigenvalue weighted by Crippen LogP contribution is -2.59. The molecule has 10 nitrogen and oxygen atoms in total. The van der Waals surface area contributed by atoms with E-state index in [1.165, 1.54) is 103 Å². The number of aliphatic hydroxyl groups is 4.